The van der Waals surface area contributed by atoms with E-state index in [0.29, 0.717) is 12.5 Å². The Hall–Kier alpha value is -0.940. The second-order valence-electron chi connectivity index (χ2n) is 4.66. The zero-order valence-corrected chi connectivity index (χ0v) is 11.7. The van der Waals surface area contributed by atoms with E-state index >= 15 is 0 Å². The number of nitrogens with one attached hydrogen (secondary N) is 2. The monoisotopic (exact) mass is 267 g/mol. The Morgan fingerprint density at radius 2 is 2.44 bits per heavy atom. The average molecular weight is 267 g/mol. The number of carbonyl (C=O) groups is 1. The molecule has 0 bridgehead atoms. The molecule has 1 aromatic heterocycles. The van der Waals surface area contributed by atoms with Crippen LogP contribution in [0.15, 0.2) is 5.38 Å². The van der Waals surface area contributed by atoms with Crippen LogP contribution >= 0.6 is 11.3 Å². The first-order valence-electron chi connectivity index (χ1n) is 6.71. The summed E-state index contributed by atoms with van der Waals surface area (Å²) in [7, 11) is 0. The summed E-state index contributed by atoms with van der Waals surface area (Å²) in [6.45, 7) is 3.88. The van der Waals surface area contributed by atoms with Crippen LogP contribution in [0.5, 0.6) is 0 Å². The molecular weight excluding hydrogens is 246 g/mol. The van der Waals surface area contributed by atoms with Crippen molar-refractivity contribution in [1.82, 2.24) is 15.6 Å². The molecule has 0 aliphatic carbocycles. The molecule has 1 unspecified atom stereocenters. The van der Waals surface area contributed by atoms with E-state index in [1.54, 1.807) is 11.3 Å². The SMILES string of the molecule is CCc1csc(CCNC2CCNC(=O)CC2)n1. The Bertz CT molecular complexity index is 391. The molecule has 1 aromatic rings. The van der Waals surface area contributed by atoms with Crippen LogP contribution < -0.4 is 10.6 Å². The van der Waals surface area contributed by atoms with Gasteiger partial charge >= 0.3 is 0 Å². The van der Waals surface area contributed by atoms with E-state index in [2.05, 4.69) is 27.9 Å². The number of hydrogen-bond acceptors (Lipinski definition) is 4. The van der Waals surface area contributed by atoms with Gasteiger partial charge in [-0.05, 0) is 19.3 Å². The molecule has 1 aliphatic heterocycles. The molecule has 2 rings (SSSR count). The predicted octanol–water partition coefficient (Wildman–Crippen LogP) is 1.51. The molecule has 18 heavy (non-hydrogen) atoms. The summed E-state index contributed by atoms with van der Waals surface area (Å²) >= 11 is 1.75. The van der Waals surface area contributed by atoms with E-state index < -0.39 is 0 Å². The van der Waals surface area contributed by atoms with Gasteiger partial charge in [-0.25, -0.2) is 4.98 Å². The van der Waals surface area contributed by atoms with Crippen molar-refractivity contribution in [2.75, 3.05) is 13.1 Å². The third-order valence-electron chi connectivity index (χ3n) is 3.27. The van der Waals surface area contributed by atoms with Gasteiger partial charge in [-0.2, -0.15) is 0 Å². The molecule has 5 heteroatoms. The van der Waals surface area contributed by atoms with Crippen LogP contribution in [0.25, 0.3) is 0 Å². The van der Waals surface area contributed by atoms with Crippen LogP contribution in [0.4, 0.5) is 0 Å². The molecule has 2 N–H and O–H groups in total. The number of carbonyl (C=O) groups excluding carboxylic acids is 1. The number of rotatable bonds is 5. The minimum absolute atomic E-state index is 0.187. The van der Waals surface area contributed by atoms with Crippen LogP contribution in [0.3, 0.4) is 0 Å². The first-order valence-corrected chi connectivity index (χ1v) is 7.59. The van der Waals surface area contributed by atoms with Crippen LogP contribution in [-0.2, 0) is 17.6 Å². The summed E-state index contributed by atoms with van der Waals surface area (Å²) in [5, 5.41) is 9.79. The quantitative estimate of drug-likeness (QED) is 0.850. The molecule has 1 atom stereocenters. The maximum absolute atomic E-state index is 11.2. The van der Waals surface area contributed by atoms with Crippen molar-refractivity contribution >= 4 is 17.2 Å². The van der Waals surface area contributed by atoms with Gasteiger partial charge in [0.25, 0.3) is 0 Å². The van der Waals surface area contributed by atoms with Crippen LogP contribution in [0.2, 0.25) is 0 Å². The molecule has 1 fully saturated rings. The Morgan fingerprint density at radius 1 is 1.56 bits per heavy atom. The van der Waals surface area contributed by atoms with Crippen molar-refractivity contribution in [3.8, 4) is 0 Å². The van der Waals surface area contributed by atoms with Gasteiger partial charge in [0.05, 0.1) is 10.7 Å². The van der Waals surface area contributed by atoms with Gasteiger partial charge in [-0.3, -0.25) is 4.79 Å². The zero-order chi connectivity index (χ0) is 12.8. The topological polar surface area (TPSA) is 54.0 Å². The lowest BCUT2D eigenvalue weighted by Crippen LogP contribution is -2.31. The fourth-order valence-corrected chi connectivity index (χ4v) is 3.02. The summed E-state index contributed by atoms with van der Waals surface area (Å²) in [6.07, 6.45) is 4.63. The molecule has 1 saturated heterocycles. The molecular formula is C13H21N3OS. The van der Waals surface area contributed by atoms with Crippen LogP contribution in [0, 0.1) is 0 Å². The highest BCUT2D eigenvalue weighted by atomic mass is 32.1. The molecule has 0 aromatic carbocycles. The van der Waals surface area contributed by atoms with Gasteiger partial charge in [0.15, 0.2) is 0 Å². The van der Waals surface area contributed by atoms with Crippen molar-refractivity contribution in [2.45, 2.75) is 45.1 Å². The van der Waals surface area contributed by atoms with Gasteiger partial charge < -0.3 is 10.6 Å². The molecule has 1 aliphatic rings. The van der Waals surface area contributed by atoms with Crippen molar-refractivity contribution < 1.29 is 4.79 Å². The van der Waals surface area contributed by atoms with E-state index in [0.717, 1.165) is 38.8 Å². The third kappa shape index (κ3) is 4.07. The maximum atomic E-state index is 11.2. The summed E-state index contributed by atoms with van der Waals surface area (Å²) in [5.41, 5.74) is 1.19. The second kappa shape index (κ2) is 6.85. The molecule has 1 amide bonds. The Kier molecular flexibility index (Phi) is 5.13. The molecule has 0 spiro atoms. The standard InChI is InChI=1S/C13H21N3OS/c1-2-10-9-18-13(16-10)6-8-14-11-3-4-12(17)15-7-5-11/h9,11,14H,2-8H2,1H3,(H,15,17). The lowest BCUT2D eigenvalue weighted by Gasteiger charge is -2.14. The first-order chi connectivity index (χ1) is 8.78. The fourth-order valence-electron chi connectivity index (χ4n) is 2.14. The fraction of sp³-hybridized carbons (Fsp3) is 0.692. The van der Waals surface area contributed by atoms with Gasteiger partial charge in [-0.1, -0.05) is 6.92 Å². The van der Waals surface area contributed by atoms with Gasteiger partial charge in [0.2, 0.25) is 5.91 Å². The van der Waals surface area contributed by atoms with E-state index in [1.807, 2.05) is 0 Å². The summed E-state index contributed by atoms with van der Waals surface area (Å²) in [4.78, 5) is 15.8. The lowest BCUT2D eigenvalue weighted by atomic mass is 10.1. The number of nitrogens with zero attached hydrogens (tertiary/aromatic N) is 1. The summed E-state index contributed by atoms with van der Waals surface area (Å²) in [6, 6.07) is 0.467. The number of aryl methyl sites for hydroxylation is 1. The van der Waals surface area contributed by atoms with Gasteiger partial charge in [0, 0.05) is 37.4 Å². The lowest BCUT2D eigenvalue weighted by molar-refractivity contribution is -0.120. The minimum Gasteiger partial charge on any atom is -0.356 e. The van der Waals surface area contributed by atoms with E-state index in [1.165, 1.54) is 10.7 Å². The number of hydrogen-bond donors (Lipinski definition) is 2. The van der Waals surface area contributed by atoms with Crippen molar-refractivity contribution in [3.05, 3.63) is 16.1 Å². The van der Waals surface area contributed by atoms with E-state index in [9.17, 15) is 4.79 Å². The normalized spacial score (nSPS) is 20.5. The highest BCUT2D eigenvalue weighted by molar-refractivity contribution is 7.09. The smallest absolute Gasteiger partial charge is 0.220 e. The van der Waals surface area contributed by atoms with Gasteiger partial charge in [0.1, 0.15) is 0 Å². The molecule has 4 nitrogen and oxygen atoms in total. The molecule has 100 valence electrons. The minimum atomic E-state index is 0.187. The highest BCUT2D eigenvalue weighted by Crippen LogP contribution is 2.11. The van der Waals surface area contributed by atoms with Crippen LogP contribution in [0.1, 0.15) is 36.9 Å². The maximum Gasteiger partial charge on any atom is 0.220 e. The zero-order valence-electron chi connectivity index (χ0n) is 10.9. The summed E-state index contributed by atoms with van der Waals surface area (Å²) in [5.74, 6) is 0.187. The Balaban J connectivity index is 1.69. The Morgan fingerprint density at radius 3 is 3.22 bits per heavy atom. The molecule has 0 radical (unpaired) electrons. The average Bonchev–Trinajstić information content (AvgIpc) is 2.73. The second-order valence-corrected chi connectivity index (χ2v) is 5.61. The largest absolute Gasteiger partial charge is 0.356 e. The number of thiazole rings is 1. The van der Waals surface area contributed by atoms with E-state index in [4.69, 9.17) is 0 Å². The third-order valence-corrected chi connectivity index (χ3v) is 4.23. The predicted molar refractivity (Wildman–Crippen MR) is 73.8 cm³/mol. The van der Waals surface area contributed by atoms with Crippen LogP contribution in [-0.4, -0.2) is 30.0 Å². The molecule has 2 heterocycles. The summed E-state index contributed by atoms with van der Waals surface area (Å²) < 4.78 is 0. The molecule has 0 saturated carbocycles. The van der Waals surface area contributed by atoms with Crippen molar-refractivity contribution in [1.29, 1.82) is 0 Å². The Labute approximate surface area is 112 Å². The number of aromatic nitrogens is 1. The van der Waals surface area contributed by atoms with Crippen molar-refractivity contribution in [2.24, 2.45) is 0 Å². The number of amides is 1. The highest BCUT2D eigenvalue weighted by Gasteiger charge is 2.15. The van der Waals surface area contributed by atoms with Crippen molar-refractivity contribution in [3.63, 3.8) is 0 Å². The van der Waals surface area contributed by atoms with E-state index in [-0.39, 0.29) is 5.91 Å². The van der Waals surface area contributed by atoms with Gasteiger partial charge in [-0.15, -0.1) is 11.3 Å². The first kappa shape index (κ1) is 13.5.